The van der Waals surface area contributed by atoms with Crippen LogP contribution in [0.25, 0.3) is 0 Å². The summed E-state index contributed by atoms with van der Waals surface area (Å²) in [4.78, 5) is 0. The molecule has 0 saturated carbocycles. The van der Waals surface area contributed by atoms with E-state index in [1.54, 1.807) is 12.3 Å². The van der Waals surface area contributed by atoms with Crippen LogP contribution in [0.2, 0.25) is 0 Å². The second kappa shape index (κ2) is 6.06. The third kappa shape index (κ3) is 3.18. The van der Waals surface area contributed by atoms with E-state index in [1.807, 2.05) is 6.07 Å². The molecule has 0 aliphatic heterocycles. The van der Waals surface area contributed by atoms with Crippen molar-refractivity contribution in [1.82, 2.24) is 5.32 Å². The normalized spacial score (nSPS) is 23.3. The maximum atomic E-state index is 11.0. The standard InChI is InChI=1S/C15H23NO2S/c1-10-5-6-13(17)15-12(9-11(2)14(10)15)16-7-4-8-19(3)18/h5-6,11-12,16-17H,4,7-9H2,1-3H3. The van der Waals surface area contributed by atoms with Gasteiger partial charge >= 0.3 is 0 Å². The van der Waals surface area contributed by atoms with Gasteiger partial charge in [0.25, 0.3) is 0 Å². The van der Waals surface area contributed by atoms with E-state index in [4.69, 9.17) is 0 Å². The highest BCUT2D eigenvalue weighted by molar-refractivity contribution is 7.84. The van der Waals surface area contributed by atoms with Gasteiger partial charge < -0.3 is 10.4 Å². The van der Waals surface area contributed by atoms with E-state index < -0.39 is 10.8 Å². The third-order valence-corrected chi connectivity index (χ3v) is 4.78. The van der Waals surface area contributed by atoms with Gasteiger partial charge in [0.05, 0.1) is 0 Å². The smallest absolute Gasteiger partial charge is 0.120 e. The topological polar surface area (TPSA) is 49.3 Å². The molecule has 106 valence electrons. The first-order valence-electron chi connectivity index (χ1n) is 6.86. The molecule has 3 nitrogen and oxygen atoms in total. The lowest BCUT2D eigenvalue weighted by molar-refractivity contribution is 0.446. The van der Waals surface area contributed by atoms with Crippen molar-refractivity contribution in [3.8, 4) is 5.75 Å². The highest BCUT2D eigenvalue weighted by atomic mass is 32.2. The Morgan fingerprint density at radius 3 is 2.84 bits per heavy atom. The zero-order valence-electron chi connectivity index (χ0n) is 11.9. The zero-order valence-corrected chi connectivity index (χ0v) is 12.7. The highest BCUT2D eigenvalue weighted by Gasteiger charge is 2.31. The second-order valence-corrected chi connectivity index (χ2v) is 7.06. The van der Waals surface area contributed by atoms with Gasteiger partial charge in [0.15, 0.2) is 0 Å². The quantitative estimate of drug-likeness (QED) is 0.816. The van der Waals surface area contributed by atoms with Gasteiger partial charge in [-0.25, -0.2) is 0 Å². The molecule has 2 rings (SSSR count). The predicted octanol–water partition coefficient (Wildman–Crippen LogP) is 2.61. The number of fused-ring (bicyclic) bond motifs is 1. The number of hydrogen-bond donors (Lipinski definition) is 2. The maximum absolute atomic E-state index is 11.0. The molecular weight excluding hydrogens is 258 g/mol. The SMILES string of the molecule is Cc1ccc(O)c2c1C(C)CC2NCCCS(C)=O. The molecule has 0 aromatic heterocycles. The first kappa shape index (κ1) is 14.5. The van der Waals surface area contributed by atoms with Crippen molar-refractivity contribution in [2.45, 2.75) is 38.6 Å². The van der Waals surface area contributed by atoms with Crippen LogP contribution < -0.4 is 5.32 Å². The molecule has 0 radical (unpaired) electrons. The highest BCUT2D eigenvalue weighted by Crippen LogP contribution is 2.45. The van der Waals surface area contributed by atoms with Crippen LogP contribution in [0.5, 0.6) is 5.75 Å². The summed E-state index contributed by atoms with van der Waals surface area (Å²) in [5, 5.41) is 13.6. The van der Waals surface area contributed by atoms with Gasteiger partial charge in [0.2, 0.25) is 0 Å². The molecule has 0 heterocycles. The van der Waals surface area contributed by atoms with Crippen molar-refractivity contribution in [2.75, 3.05) is 18.6 Å². The molecule has 1 aliphatic carbocycles. The Labute approximate surface area is 117 Å². The minimum absolute atomic E-state index is 0.232. The van der Waals surface area contributed by atoms with E-state index in [0.29, 0.717) is 11.7 Å². The van der Waals surface area contributed by atoms with E-state index in [9.17, 15) is 9.32 Å². The number of benzene rings is 1. The summed E-state index contributed by atoms with van der Waals surface area (Å²) < 4.78 is 11.0. The van der Waals surface area contributed by atoms with E-state index >= 15 is 0 Å². The minimum Gasteiger partial charge on any atom is -0.508 e. The monoisotopic (exact) mass is 281 g/mol. The maximum Gasteiger partial charge on any atom is 0.120 e. The summed E-state index contributed by atoms with van der Waals surface area (Å²) in [7, 11) is -0.718. The van der Waals surface area contributed by atoms with E-state index in [1.165, 1.54) is 11.1 Å². The summed E-state index contributed by atoms with van der Waals surface area (Å²) >= 11 is 0. The summed E-state index contributed by atoms with van der Waals surface area (Å²) in [5.74, 6) is 1.63. The molecule has 0 saturated heterocycles. The molecule has 1 aliphatic rings. The second-order valence-electron chi connectivity index (χ2n) is 5.50. The fraction of sp³-hybridized carbons (Fsp3) is 0.600. The van der Waals surface area contributed by atoms with Crippen molar-refractivity contribution in [2.24, 2.45) is 0 Å². The number of rotatable bonds is 5. The van der Waals surface area contributed by atoms with Crippen molar-refractivity contribution in [3.63, 3.8) is 0 Å². The molecular formula is C15H23NO2S. The largest absolute Gasteiger partial charge is 0.508 e. The number of phenols is 1. The van der Waals surface area contributed by atoms with Gasteiger partial charge in [-0.2, -0.15) is 0 Å². The van der Waals surface area contributed by atoms with Crippen molar-refractivity contribution in [3.05, 3.63) is 28.8 Å². The molecule has 0 bridgehead atoms. The fourth-order valence-corrected chi connectivity index (χ4v) is 3.63. The van der Waals surface area contributed by atoms with Crippen LogP contribution in [0.3, 0.4) is 0 Å². The lowest BCUT2D eigenvalue weighted by atomic mass is 9.97. The number of hydrogen-bond acceptors (Lipinski definition) is 3. The molecule has 19 heavy (non-hydrogen) atoms. The van der Waals surface area contributed by atoms with Crippen LogP contribution in [0.4, 0.5) is 0 Å². The fourth-order valence-electron chi connectivity index (χ4n) is 3.08. The predicted molar refractivity (Wildman–Crippen MR) is 80.2 cm³/mol. The zero-order chi connectivity index (χ0) is 14.0. The van der Waals surface area contributed by atoms with Gasteiger partial charge in [-0.3, -0.25) is 4.21 Å². The minimum atomic E-state index is -0.718. The molecule has 1 aromatic rings. The Hall–Kier alpha value is -0.870. The van der Waals surface area contributed by atoms with Gasteiger partial charge in [-0.05, 0) is 49.4 Å². The van der Waals surface area contributed by atoms with Crippen LogP contribution in [-0.4, -0.2) is 27.9 Å². The first-order valence-corrected chi connectivity index (χ1v) is 8.59. The van der Waals surface area contributed by atoms with E-state index in [-0.39, 0.29) is 6.04 Å². The first-order chi connectivity index (χ1) is 9.00. The van der Waals surface area contributed by atoms with Crippen LogP contribution in [0.15, 0.2) is 12.1 Å². The van der Waals surface area contributed by atoms with Crippen LogP contribution >= 0.6 is 0 Å². The number of aromatic hydroxyl groups is 1. The average molecular weight is 281 g/mol. The van der Waals surface area contributed by atoms with Gasteiger partial charge in [0, 0.05) is 34.4 Å². The van der Waals surface area contributed by atoms with Crippen LogP contribution in [0.1, 0.15) is 48.4 Å². The molecule has 0 spiro atoms. The number of aryl methyl sites for hydroxylation is 1. The Kier molecular flexibility index (Phi) is 4.63. The third-order valence-electron chi connectivity index (χ3n) is 3.91. The van der Waals surface area contributed by atoms with Crippen LogP contribution in [0, 0.1) is 6.92 Å². The molecule has 0 fully saturated rings. The molecule has 0 amide bonds. The van der Waals surface area contributed by atoms with E-state index in [0.717, 1.165) is 30.7 Å². The molecule has 4 heteroatoms. The lowest BCUT2D eigenvalue weighted by Crippen LogP contribution is -2.21. The average Bonchev–Trinajstić information content (AvgIpc) is 2.68. The summed E-state index contributed by atoms with van der Waals surface area (Å²) in [6, 6.07) is 4.02. The van der Waals surface area contributed by atoms with E-state index in [2.05, 4.69) is 19.2 Å². The van der Waals surface area contributed by atoms with Crippen molar-refractivity contribution >= 4 is 10.8 Å². The lowest BCUT2D eigenvalue weighted by Gasteiger charge is -2.15. The number of phenolic OH excluding ortho intramolecular Hbond substituents is 1. The summed E-state index contributed by atoms with van der Waals surface area (Å²) in [6.45, 7) is 5.18. The van der Waals surface area contributed by atoms with Crippen molar-refractivity contribution < 1.29 is 9.32 Å². The Balaban J connectivity index is 2.07. The van der Waals surface area contributed by atoms with Crippen LogP contribution in [-0.2, 0) is 10.8 Å². The number of nitrogens with one attached hydrogen (secondary N) is 1. The van der Waals surface area contributed by atoms with Crippen molar-refractivity contribution in [1.29, 1.82) is 0 Å². The van der Waals surface area contributed by atoms with Gasteiger partial charge in [-0.1, -0.05) is 13.0 Å². The Morgan fingerprint density at radius 2 is 2.16 bits per heavy atom. The van der Waals surface area contributed by atoms with Gasteiger partial charge in [-0.15, -0.1) is 0 Å². The summed E-state index contributed by atoms with van der Waals surface area (Å²) in [5.41, 5.74) is 3.64. The molecule has 2 N–H and O–H groups in total. The molecule has 3 unspecified atom stereocenters. The molecule has 3 atom stereocenters. The van der Waals surface area contributed by atoms with Gasteiger partial charge in [0.1, 0.15) is 5.75 Å². The molecule has 1 aromatic carbocycles. The Bertz CT molecular complexity index is 487. The Morgan fingerprint density at radius 1 is 1.42 bits per heavy atom. The summed E-state index contributed by atoms with van der Waals surface area (Å²) in [6.07, 6.45) is 3.68.